The Hall–Kier alpha value is -1.78. The van der Waals surface area contributed by atoms with Crippen LogP contribution in [-0.2, 0) is 10.2 Å². The van der Waals surface area contributed by atoms with Gasteiger partial charge in [-0.05, 0) is 31.0 Å². The Kier molecular flexibility index (Phi) is 2.92. The third kappa shape index (κ3) is 3.09. The van der Waals surface area contributed by atoms with Crippen LogP contribution in [0.15, 0.2) is 18.2 Å². The fraction of sp³-hybridized carbons (Fsp3) is 0.300. The Morgan fingerprint density at radius 1 is 1.41 bits per heavy atom. The number of hydrogen-bond donors (Lipinski definition) is 3. The van der Waals surface area contributed by atoms with Crippen LogP contribution < -0.4 is 15.2 Å². The van der Waals surface area contributed by atoms with Crippen molar-refractivity contribution >= 4 is 21.6 Å². The van der Waals surface area contributed by atoms with Crippen LogP contribution in [0.3, 0.4) is 0 Å². The van der Waals surface area contributed by atoms with E-state index in [9.17, 15) is 8.42 Å². The lowest BCUT2D eigenvalue weighted by Crippen LogP contribution is -2.32. The standard InChI is InChI=1S/C10H12N4O2S/c11-6-7-5-8(12)1-4-10(7)14-17(15,16)13-9-2-3-9/h1,4-5,9,13-14H,2-3,12H2. The molecule has 0 unspecified atom stereocenters. The second-order valence-corrected chi connectivity index (χ2v) is 5.36. The highest BCUT2D eigenvalue weighted by molar-refractivity contribution is 7.90. The maximum atomic E-state index is 11.6. The molecule has 7 heteroatoms. The van der Waals surface area contributed by atoms with E-state index in [4.69, 9.17) is 11.0 Å². The summed E-state index contributed by atoms with van der Waals surface area (Å²) < 4.78 is 28.1. The van der Waals surface area contributed by atoms with Gasteiger partial charge in [-0.25, -0.2) is 0 Å². The molecule has 0 bridgehead atoms. The van der Waals surface area contributed by atoms with E-state index in [0.29, 0.717) is 5.69 Å². The predicted octanol–water partition coefficient (Wildman–Crippen LogP) is 0.549. The van der Waals surface area contributed by atoms with Gasteiger partial charge in [-0.2, -0.15) is 18.4 Å². The van der Waals surface area contributed by atoms with Gasteiger partial charge < -0.3 is 5.73 Å². The summed E-state index contributed by atoms with van der Waals surface area (Å²) in [6.07, 6.45) is 1.71. The van der Waals surface area contributed by atoms with Gasteiger partial charge in [-0.3, -0.25) is 4.72 Å². The molecule has 6 nitrogen and oxygen atoms in total. The highest BCUT2D eigenvalue weighted by Crippen LogP contribution is 2.22. The molecule has 0 amide bonds. The smallest absolute Gasteiger partial charge is 0.299 e. The maximum absolute atomic E-state index is 11.6. The minimum atomic E-state index is -3.61. The van der Waals surface area contributed by atoms with E-state index in [0.717, 1.165) is 12.8 Å². The fourth-order valence-electron chi connectivity index (χ4n) is 1.34. The summed E-state index contributed by atoms with van der Waals surface area (Å²) in [4.78, 5) is 0. The van der Waals surface area contributed by atoms with E-state index in [-0.39, 0.29) is 17.3 Å². The summed E-state index contributed by atoms with van der Waals surface area (Å²) in [6, 6.07) is 6.35. The molecule has 1 aliphatic rings. The maximum Gasteiger partial charge on any atom is 0.299 e. The zero-order chi connectivity index (χ0) is 12.5. The number of nitrogens with one attached hydrogen (secondary N) is 2. The topological polar surface area (TPSA) is 108 Å². The number of nitriles is 1. The molecule has 2 rings (SSSR count). The molecule has 0 aromatic heterocycles. The largest absolute Gasteiger partial charge is 0.399 e. The van der Waals surface area contributed by atoms with Gasteiger partial charge in [0.25, 0.3) is 10.2 Å². The summed E-state index contributed by atoms with van der Waals surface area (Å²) in [7, 11) is -3.61. The molecular weight excluding hydrogens is 240 g/mol. The van der Waals surface area contributed by atoms with Crippen LogP contribution in [-0.4, -0.2) is 14.5 Å². The Morgan fingerprint density at radius 2 is 2.12 bits per heavy atom. The summed E-state index contributed by atoms with van der Waals surface area (Å²) in [5, 5.41) is 8.87. The van der Waals surface area contributed by atoms with Crippen LogP contribution in [0.25, 0.3) is 0 Å². The Bertz CT molecular complexity index is 572. The molecule has 1 aromatic carbocycles. The number of nitrogen functional groups attached to an aromatic ring is 1. The highest BCUT2D eigenvalue weighted by Gasteiger charge is 2.27. The van der Waals surface area contributed by atoms with Crippen molar-refractivity contribution in [3.8, 4) is 6.07 Å². The van der Waals surface area contributed by atoms with Gasteiger partial charge in [0, 0.05) is 11.7 Å². The number of nitrogens with zero attached hydrogens (tertiary/aromatic N) is 1. The summed E-state index contributed by atoms with van der Waals surface area (Å²) >= 11 is 0. The van der Waals surface area contributed by atoms with Crippen molar-refractivity contribution in [3.05, 3.63) is 23.8 Å². The van der Waals surface area contributed by atoms with Crippen LogP contribution in [0.4, 0.5) is 11.4 Å². The molecule has 4 N–H and O–H groups in total. The predicted molar refractivity (Wildman–Crippen MR) is 64.3 cm³/mol. The molecule has 0 atom stereocenters. The number of hydrogen-bond acceptors (Lipinski definition) is 4. The van der Waals surface area contributed by atoms with E-state index in [1.807, 2.05) is 6.07 Å². The van der Waals surface area contributed by atoms with Crippen molar-refractivity contribution in [2.24, 2.45) is 0 Å². The van der Waals surface area contributed by atoms with Crippen LogP contribution in [0, 0.1) is 11.3 Å². The average molecular weight is 252 g/mol. The van der Waals surface area contributed by atoms with Crippen molar-refractivity contribution in [1.82, 2.24) is 4.72 Å². The van der Waals surface area contributed by atoms with Gasteiger partial charge in [0.15, 0.2) is 0 Å². The molecule has 17 heavy (non-hydrogen) atoms. The van der Waals surface area contributed by atoms with Gasteiger partial charge in [-0.1, -0.05) is 0 Å². The zero-order valence-corrected chi connectivity index (χ0v) is 9.79. The first-order valence-electron chi connectivity index (χ1n) is 5.10. The van der Waals surface area contributed by atoms with Gasteiger partial charge in [0.1, 0.15) is 6.07 Å². The Morgan fingerprint density at radius 3 is 2.71 bits per heavy atom. The van der Waals surface area contributed by atoms with Gasteiger partial charge in [0.05, 0.1) is 11.3 Å². The van der Waals surface area contributed by atoms with Crippen molar-refractivity contribution in [1.29, 1.82) is 5.26 Å². The Labute approximate surface area is 99.6 Å². The van der Waals surface area contributed by atoms with Crippen LogP contribution in [0.2, 0.25) is 0 Å². The lowest BCUT2D eigenvalue weighted by molar-refractivity contribution is 0.586. The first kappa shape index (κ1) is 11.7. The quantitative estimate of drug-likeness (QED) is 0.680. The van der Waals surface area contributed by atoms with E-state index in [2.05, 4.69) is 9.44 Å². The van der Waals surface area contributed by atoms with Gasteiger partial charge in [-0.15, -0.1) is 0 Å². The molecule has 0 radical (unpaired) electrons. The molecule has 0 heterocycles. The molecule has 1 saturated carbocycles. The molecule has 1 aromatic rings. The van der Waals surface area contributed by atoms with Crippen LogP contribution >= 0.6 is 0 Å². The molecule has 0 aliphatic heterocycles. The summed E-state index contributed by atoms with van der Waals surface area (Å²) in [5.41, 5.74) is 6.36. The van der Waals surface area contributed by atoms with Crippen molar-refractivity contribution in [2.75, 3.05) is 10.5 Å². The number of nitrogens with two attached hydrogens (primary N) is 1. The normalized spacial score (nSPS) is 15.2. The molecule has 1 fully saturated rings. The number of anilines is 2. The van der Waals surface area contributed by atoms with Crippen molar-refractivity contribution in [2.45, 2.75) is 18.9 Å². The molecule has 0 spiro atoms. The van der Waals surface area contributed by atoms with Crippen molar-refractivity contribution < 1.29 is 8.42 Å². The summed E-state index contributed by atoms with van der Waals surface area (Å²) in [6.45, 7) is 0. The molecule has 90 valence electrons. The van der Waals surface area contributed by atoms with E-state index >= 15 is 0 Å². The number of rotatable bonds is 4. The van der Waals surface area contributed by atoms with Gasteiger partial charge >= 0.3 is 0 Å². The second kappa shape index (κ2) is 4.24. The Balaban J connectivity index is 2.20. The third-order valence-corrected chi connectivity index (χ3v) is 3.44. The molecule has 1 aliphatic carbocycles. The fourth-order valence-corrected chi connectivity index (χ4v) is 2.54. The first-order valence-corrected chi connectivity index (χ1v) is 6.58. The highest BCUT2D eigenvalue weighted by atomic mass is 32.2. The average Bonchev–Trinajstić information content (AvgIpc) is 3.03. The monoisotopic (exact) mass is 252 g/mol. The lowest BCUT2D eigenvalue weighted by Gasteiger charge is -2.10. The van der Waals surface area contributed by atoms with E-state index in [1.165, 1.54) is 18.2 Å². The second-order valence-electron chi connectivity index (χ2n) is 3.91. The molecule has 0 saturated heterocycles. The summed E-state index contributed by atoms with van der Waals surface area (Å²) in [5.74, 6) is 0. The zero-order valence-electron chi connectivity index (χ0n) is 8.97. The van der Waals surface area contributed by atoms with E-state index in [1.54, 1.807) is 0 Å². The lowest BCUT2D eigenvalue weighted by atomic mass is 10.2. The minimum Gasteiger partial charge on any atom is -0.399 e. The number of benzene rings is 1. The molecular formula is C10H12N4O2S. The first-order chi connectivity index (χ1) is 8.00. The van der Waals surface area contributed by atoms with E-state index < -0.39 is 10.2 Å². The minimum absolute atomic E-state index is 0.0202. The third-order valence-electron chi connectivity index (χ3n) is 2.31. The van der Waals surface area contributed by atoms with Crippen LogP contribution in [0.5, 0.6) is 0 Å². The van der Waals surface area contributed by atoms with Gasteiger partial charge in [0.2, 0.25) is 0 Å². The SMILES string of the molecule is N#Cc1cc(N)ccc1NS(=O)(=O)NC1CC1. The van der Waals surface area contributed by atoms with Crippen LogP contribution in [0.1, 0.15) is 18.4 Å². The van der Waals surface area contributed by atoms with Crippen molar-refractivity contribution in [3.63, 3.8) is 0 Å².